The molecule has 41 heavy (non-hydrogen) atoms. The summed E-state index contributed by atoms with van der Waals surface area (Å²) in [6, 6.07) is 5.51. The van der Waals surface area contributed by atoms with Crippen molar-refractivity contribution in [2.24, 2.45) is 11.8 Å². The van der Waals surface area contributed by atoms with E-state index >= 15 is 0 Å². The van der Waals surface area contributed by atoms with Gasteiger partial charge in [0, 0.05) is 0 Å². The third kappa shape index (κ3) is 9.82. The van der Waals surface area contributed by atoms with Crippen LogP contribution in [0.2, 0.25) is 0 Å². The smallest absolute Gasteiger partial charge is 0.416 e. The van der Waals surface area contributed by atoms with E-state index in [1.807, 2.05) is 0 Å². The van der Waals surface area contributed by atoms with Crippen molar-refractivity contribution in [1.29, 1.82) is 0 Å². The molecule has 0 aromatic heterocycles. The molecule has 0 fully saturated rings. The van der Waals surface area contributed by atoms with E-state index in [1.54, 1.807) is 20.8 Å². The first-order valence-corrected chi connectivity index (χ1v) is 12.5. The molecule has 0 bridgehead atoms. The van der Waals surface area contributed by atoms with Crippen LogP contribution >= 0.6 is 0 Å². The van der Waals surface area contributed by atoms with Crippen LogP contribution in [0.4, 0.5) is 39.5 Å². The lowest BCUT2D eigenvalue weighted by atomic mass is 9.87. The number of carboxylic acid groups (broad SMARTS) is 1. The van der Waals surface area contributed by atoms with Crippen LogP contribution in [0.1, 0.15) is 73.4 Å². The summed E-state index contributed by atoms with van der Waals surface area (Å²) in [6.07, 6.45) is -8.44. The van der Waals surface area contributed by atoms with Gasteiger partial charge in [-0.05, 0) is 71.4 Å². The predicted octanol–water partition coefficient (Wildman–Crippen LogP) is 10.3. The van der Waals surface area contributed by atoms with E-state index in [4.69, 9.17) is 0 Å². The van der Waals surface area contributed by atoms with Gasteiger partial charge >= 0.3 is 24.5 Å². The van der Waals surface area contributed by atoms with Crippen molar-refractivity contribution in [2.45, 2.75) is 58.6 Å². The molecule has 0 aliphatic carbocycles. The fourth-order valence-electron chi connectivity index (χ4n) is 3.98. The average molecular weight is 593 g/mol. The maximum Gasteiger partial charge on any atom is 0.416 e. The van der Waals surface area contributed by atoms with Crippen LogP contribution < -0.4 is 0 Å². The van der Waals surface area contributed by atoms with Crippen LogP contribution in [0, 0.1) is 11.8 Å². The molecule has 2 atom stereocenters. The first kappa shape index (κ1) is 33.7. The minimum Gasteiger partial charge on any atom is -0.481 e. The van der Waals surface area contributed by atoms with Gasteiger partial charge < -0.3 is 5.11 Å². The van der Waals surface area contributed by atoms with E-state index in [0.717, 1.165) is 19.1 Å². The van der Waals surface area contributed by atoms with Gasteiger partial charge in [0.15, 0.2) is 0 Å². The van der Waals surface area contributed by atoms with Crippen molar-refractivity contribution in [3.8, 4) is 0 Å². The maximum atomic E-state index is 13.3. The van der Waals surface area contributed by atoms with Crippen molar-refractivity contribution < 1.29 is 49.4 Å². The van der Waals surface area contributed by atoms with Crippen LogP contribution in [-0.2, 0) is 17.1 Å². The van der Waals surface area contributed by atoms with E-state index in [2.05, 4.69) is 0 Å². The SMILES string of the molecule is C/C=C(\C=C/[C@@H](C)C(F)(F)F)c1cc(/C=C/c2cc(C(F)(F)F)cc(C(F)(F)F)c2)cc(C(CC(C)C)C(=O)O)c1. The Morgan fingerprint density at radius 1 is 0.805 bits per heavy atom. The van der Waals surface area contributed by atoms with Gasteiger partial charge in [-0.3, -0.25) is 4.79 Å². The summed E-state index contributed by atoms with van der Waals surface area (Å²) in [5.41, 5.74) is -2.25. The van der Waals surface area contributed by atoms with Crippen LogP contribution in [0.5, 0.6) is 0 Å². The number of aliphatic carboxylic acids is 1. The minimum atomic E-state index is -5.04. The lowest BCUT2D eigenvalue weighted by Crippen LogP contribution is -2.17. The summed E-state index contributed by atoms with van der Waals surface area (Å²) in [5.74, 6) is -4.03. The number of alkyl halides is 9. The van der Waals surface area contributed by atoms with Crippen molar-refractivity contribution in [3.05, 3.63) is 88.0 Å². The first-order chi connectivity index (χ1) is 18.7. The zero-order valence-corrected chi connectivity index (χ0v) is 22.5. The van der Waals surface area contributed by atoms with Gasteiger partial charge in [-0.15, -0.1) is 0 Å². The molecule has 0 saturated heterocycles. The Labute approximate surface area is 231 Å². The van der Waals surface area contributed by atoms with Crippen molar-refractivity contribution >= 4 is 23.7 Å². The lowest BCUT2D eigenvalue weighted by Gasteiger charge is -2.18. The molecule has 0 radical (unpaired) electrons. The van der Waals surface area contributed by atoms with Crippen molar-refractivity contribution in [2.75, 3.05) is 0 Å². The Hall–Kier alpha value is -3.50. The second-order valence-corrected chi connectivity index (χ2v) is 10.0. The Kier molecular flexibility index (Phi) is 10.7. The highest BCUT2D eigenvalue weighted by Crippen LogP contribution is 2.37. The first-order valence-electron chi connectivity index (χ1n) is 12.5. The molecule has 1 unspecified atom stereocenters. The molecule has 2 nitrogen and oxygen atoms in total. The second kappa shape index (κ2) is 13.0. The van der Waals surface area contributed by atoms with E-state index in [-0.39, 0.29) is 29.5 Å². The summed E-state index contributed by atoms with van der Waals surface area (Å²) in [7, 11) is 0. The molecule has 0 aliphatic heterocycles. The van der Waals surface area contributed by atoms with E-state index in [0.29, 0.717) is 23.3 Å². The average Bonchev–Trinajstić information content (AvgIpc) is 2.84. The molecular weight excluding hydrogens is 563 g/mol. The Morgan fingerprint density at radius 2 is 1.32 bits per heavy atom. The zero-order valence-electron chi connectivity index (χ0n) is 22.5. The predicted molar refractivity (Wildman–Crippen MR) is 140 cm³/mol. The highest BCUT2D eigenvalue weighted by molar-refractivity contribution is 5.81. The van der Waals surface area contributed by atoms with Crippen LogP contribution in [0.25, 0.3) is 17.7 Å². The molecule has 2 aromatic carbocycles. The fraction of sp³-hybridized carbons (Fsp3) is 0.367. The fourth-order valence-corrected chi connectivity index (χ4v) is 3.98. The molecule has 0 heterocycles. The van der Waals surface area contributed by atoms with Crippen LogP contribution in [0.15, 0.2) is 54.6 Å². The summed E-state index contributed by atoms with van der Waals surface area (Å²) in [4.78, 5) is 12.1. The number of rotatable bonds is 9. The van der Waals surface area contributed by atoms with Gasteiger partial charge in [0.05, 0.1) is 23.0 Å². The summed E-state index contributed by atoms with van der Waals surface area (Å²) < 4.78 is 119. The molecular formula is C30H29F9O2. The number of halogens is 9. The molecule has 0 amide bonds. The van der Waals surface area contributed by atoms with Gasteiger partial charge in [0.1, 0.15) is 0 Å². The third-order valence-corrected chi connectivity index (χ3v) is 6.19. The highest BCUT2D eigenvalue weighted by Gasteiger charge is 2.37. The maximum absolute atomic E-state index is 13.3. The third-order valence-electron chi connectivity index (χ3n) is 6.19. The van der Waals surface area contributed by atoms with Crippen molar-refractivity contribution in [3.63, 3.8) is 0 Å². The van der Waals surface area contributed by atoms with E-state index < -0.39 is 53.0 Å². The van der Waals surface area contributed by atoms with Gasteiger partial charge in [-0.1, -0.05) is 63.3 Å². The van der Waals surface area contributed by atoms with Gasteiger partial charge in [0.2, 0.25) is 0 Å². The normalized spacial score (nSPS) is 15.2. The number of carbonyl (C=O) groups is 1. The Bertz CT molecular complexity index is 1280. The molecule has 0 saturated carbocycles. The number of hydrogen-bond acceptors (Lipinski definition) is 1. The van der Waals surface area contributed by atoms with Gasteiger partial charge in [-0.2, -0.15) is 39.5 Å². The number of benzene rings is 2. The summed E-state index contributed by atoms with van der Waals surface area (Å²) in [5, 5.41) is 9.86. The number of hydrogen-bond donors (Lipinski definition) is 1. The molecule has 0 aliphatic rings. The Balaban J connectivity index is 2.70. The zero-order chi connectivity index (χ0) is 31.3. The van der Waals surface area contributed by atoms with Crippen molar-refractivity contribution in [1.82, 2.24) is 0 Å². The van der Waals surface area contributed by atoms with Gasteiger partial charge in [-0.25, -0.2) is 0 Å². The number of carboxylic acids is 1. The number of allylic oxidation sites excluding steroid dienone is 4. The van der Waals surface area contributed by atoms with E-state index in [1.165, 1.54) is 36.4 Å². The monoisotopic (exact) mass is 592 g/mol. The summed E-state index contributed by atoms with van der Waals surface area (Å²) >= 11 is 0. The molecule has 1 N–H and O–H groups in total. The van der Waals surface area contributed by atoms with Crippen LogP contribution in [0.3, 0.4) is 0 Å². The lowest BCUT2D eigenvalue weighted by molar-refractivity contribution is -0.156. The second-order valence-electron chi connectivity index (χ2n) is 10.0. The van der Waals surface area contributed by atoms with E-state index in [9.17, 15) is 49.4 Å². The van der Waals surface area contributed by atoms with Gasteiger partial charge in [0.25, 0.3) is 0 Å². The largest absolute Gasteiger partial charge is 0.481 e. The van der Waals surface area contributed by atoms with Crippen LogP contribution in [-0.4, -0.2) is 17.3 Å². The molecule has 224 valence electrons. The quantitative estimate of drug-likeness (QED) is 0.179. The molecule has 2 rings (SSSR count). The minimum absolute atomic E-state index is 0.00599. The molecule has 0 spiro atoms. The Morgan fingerprint density at radius 3 is 1.73 bits per heavy atom. The summed E-state index contributed by atoms with van der Waals surface area (Å²) in [6.45, 7) is 6.11. The highest BCUT2D eigenvalue weighted by atomic mass is 19.4. The topological polar surface area (TPSA) is 37.3 Å². The standard InChI is InChI=1S/C30H29F9O2/c1-5-21(9-6-18(4)28(31,32)33)22-11-19(12-23(15-22)26(27(40)41)10-17(2)3)7-8-20-13-24(29(34,35)36)16-25(14-20)30(37,38)39/h5-9,11-18,26H,10H2,1-4H3,(H,40,41)/b8-7+,9-6-,21-5+/t18-,26?/m1/s1. The molecule has 11 heteroatoms. The molecule has 2 aromatic rings.